The summed E-state index contributed by atoms with van der Waals surface area (Å²) < 4.78 is 5.64. The zero-order valence-corrected chi connectivity index (χ0v) is 11.2. The zero-order chi connectivity index (χ0) is 12.8. The monoisotopic (exact) mass is 283 g/mol. The van der Waals surface area contributed by atoms with Gasteiger partial charge >= 0.3 is 0 Å². The van der Waals surface area contributed by atoms with Crippen LogP contribution in [0.1, 0.15) is 5.01 Å². The number of hydrazine groups is 1. The summed E-state index contributed by atoms with van der Waals surface area (Å²) in [6, 6.07) is 7.29. The van der Waals surface area contributed by atoms with Gasteiger partial charge < -0.3 is 4.74 Å². The highest BCUT2D eigenvalue weighted by Crippen LogP contribution is 2.16. The maximum Gasteiger partial charge on any atom is 0.119 e. The van der Waals surface area contributed by atoms with Crippen LogP contribution in [0.3, 0.4) is 0 Å². The quantitative estimate of drug-likeness (QED) is 0.631. The van der Waals surface area contributed by atoms with Crippen molar-refractivity contribution in [3.63, 3.8) is 0 Å². The van der Waals surface area contributed by atoms with Crippen LogP contribution in [0.2, 0.25) is 5.02 Å². The number of aromatic nitrogens is 1. The highest BCUT2D eigenvalue weighted by molar-refractivity contribution is 7.09. The van der Waals surface area contributed by atoms with E-state index in [0.717, 1.165) is 17.2 Å². The van der Waals surface area contributed by atoms with E-state index in [1.54, 1.807) is 29.7 Å². The molecule has 0 saturated heterocycles. The third-order valence-corrected chi connectivity index (χ3v) is 3.46. The maximum atomic E-state index is 5.80. The van der Waals surface area contributed by atoms with Gasteiger partial charge in [0, 0.05) is 23.0 Å². The van der Waals surface area contributed by atoms with Crippen molar-refractivity contribution in [3.05, 3.63) is 45.9 Å². The third-order valence-electron chi connectivity index (χ3n) is 2.41. The molecule has 4 nitrogen and oxygen atoms in total. The Hall–Kier alpha value is -1.14. The molecule has 0 aliphatic heterocycles. The first-order chi connectivity index (χ1) is 8.78. The summed E-state index contributed by atoms with van der Waals surface area (Å²) >= 11 is 7.41. The van der Waals surface area contributed by atoms with Gasteiger partial charge in [0.25, 0.3) is 0 Å². The Morgan fingerprint density at radius 3 is 2.78 bits per heavy atom. The number of benzene rings is 1. The fraction of sp³-hybridized carbons (Fsp3) is 0.250. The SMILES string of the molecule is NNC(COc1ccc(Cl)cc1)Cc1nccs1. The molecule has 1 unspecified atom stereocenters. The fourth-order valence-corrected chi connectivity index (χ4v) is 2.28. The van der Waals surface area contributed by atoms with Crippen molar-refractivity contribution < 1.29 is 4.74 Å². The van der Waals surface area contributed by atoms with Gasteiger partial charge in [-0.25, -0.2) is 4.98 Å². The van der Waals surface area contributed by atoms with Crippen LogP contribution in [-0.2, 0) is 6.42 Å². The van der Waals surface area contributed by atoms with E-state index in [0.29, 0.717) is 11.6 Å². The third kappa shape index (κ3) is 3.96. The summed E-state index contributed by atoms with van der Waals surface area (Å²) in [5, 5.41) is 3.68. The van der Waals surface area contributed by atoms with Gasteiger partial charge in [0.05, 0.1) is 11.0 Å². The van der Waals surface area contributed by atoms with Crippen molar-refractivity contribution in [1.29, 1.82) is 0 Å². The molecule has 96 valence electrons. The van der Waals surface area contributed by atoms with Gasteiger partial charge in [0.15, 0.2) is 0 Å². The molecule has 1 aromatic carbocycles. The van der Waals surface area contributed by atoms with Crippen molar-refractivity contribution in [3.8, 4) is 5.75 Å². The number of nitrogens with zero attached hydrogens (tertiary/aromatic N) is 1. The normalized spacial score (nSPS) is 12.3. The lowest BCUT2D eigenvalue weighted by Gasteiger charge is -2.15. The van der Waals surface area contributed by atoms with Crippen molar-refractivity contribution in [1.82, 2.24) is 10.4 Å². The van der Waals surface area contributed by atoms with Crippen LogP contribution in [0.15, 0.2) is 35.8 Å². The van der Waals surface area contributed by atoms with Crippen LogP contribution >= 0.6 is 22.9 Å². The summed E-state index contributed by atoms with van der Waals surface area (Å²) in [5.41, 5.74) is 2.74. The van der Waals surface area contributed by atoms with E-state index in [1.807, 2.05) is 17.5 Å². The minimum atomic E-state index is 0.0341. The Morgan fingerprint density at radius 1 is 1.39 bits per heavy atom. The fourth-order valence-electron chi connectivity index (χ4n) is 1.46. The second kappa shape index (κ2) is 6.70. The number of thiazole rings is 1. The van der Waals surface area contributed by atoms with Crippen molar-refractivity contribution in [2.45, 2.75) is 12.5 Å². The summed E-state index contributed by atoms with van der Waals surface area (Å²) in [6.07, 6.45) is 2.54. The molecule has 0 radical (unpaired) electrons. The first kappa shape index (κ1) is 13.3. The number of halogens is 1. The Morgan fingerprint density at radius 2 is 2.17 bits per heavy atom. The molecule has 1 heterocycles. The standard InChI is InChI=1S/C12H14ClN3OS/c13-9-1-3-11(4-2-9)17-8-10(16-14)7-12-15-5-6-18-12/h1-6,10,16H,7-8,14H2. The number of hydrogen-bond acceptors (Lipinski definition) is 5. The summed E-state index contributed by atoms with van der Waals surface area (Å²) in [7, 11) is 0. The van der Waals surface area contributed by atoms with E-state index < -0.39 is 0 Å². The molecule has 0 fully saturated rings. The number of rotatable bonds is 6. The summed E-state index contributed by atoms with van der Waals surface area (Å²) in [6.45, 7) is 0.484. The molecule has 0 aliphatic rings. The summed E-state index contributed by atoms with van der Waals surface area (Å²) in [4.78, 5) is 4.22. The highest BCUT2D eigenvalue weighted by Gasteiger charge is 2.10. The number of hydrogen-bond donors (Lipinski definition) is 2. The van der Waals surface area contributed by atoms with E-state index in [9.17, 15) is 0 Å². The Bertz CT molecular complexity index is 461. The van der Waals surface area contributed by atoms with Gasteiger partial charge in [0.2, 0.25) is 0 Å². The first-order valence-electron chi connectivity index (χ1n) is 5.51. The van der Waals surface area contributed by atoms with Crippen LogP contribution in [0, 0.1) is 0 Å². The van der Waals surface area contributed by atoms with E-state index >= 15 is 0 Å². The van der Waals surface area contributed by atoms with E-state index in [4.69, 9.17) is 22.2 Å². The van der Waals surface area contributed by atoms with Crippen molar-refractivity contribution >= 4 is 22.9 Å². The highest BCUT2D eigenvalue weighted by atomic mass is 35.5. The minimum Gasteiger partial charge on any atom is -0.492 e. The van der Waals surface area contributed by atoms with Crippen molar-refractivity contribution in [2.75, 3.05) is 6.61 Å². The molecule has 6 heteroatoms. The van der Waals surface area contributed by atoms with Gasteiger partial charge in [-0.2, -0.15) is 0 Å². The van der Waals surface area contributed by atoms with Gasteiger partial charge in [-0.05, 0) is 24.3 Å². The number of nitrogens with one attached hydrogen (secondary N) is 1. The second-order valence-electron chi connectivity index (χ2n) is 3.76. The predicted octanol–water partition coefficient (Wildman–Crippen LogP) is 2.25. The van der Waals surface area contributed by atoms with Gasteiger partial charge in [-0.1, -0.05) is 11.6 Å². The minimum absolute atomic E-state index is 0.0341. The van der Waals surface area contributed by atoms with Crippen LogP contribution in [0.25, 0.3) is 0 Å². The number of ether oxygens (including phenoxy) is 1. The largest absolute Gasteiger partial charge is 0.492 e. The summed E-state index contributed by atoms with van der Waals surface area (Å²) in [5.74, 6) is 6.28. The second-order valence-corrected chi connectivity index (χ2v) is 5.17. The van der Waals surface area contributed by atoms with E-state index in [2.05, 4.69) is 10.4 Å². The first-order valence-corrected chi connectivity index (χ1v) is 6.76. The molecule has 0 spiro atoms. The Balaban J connectivity index is 1.85. The van der Waals surface area contributed by atoms with Crippen LogP contribution in [0.5, 0.6) is 5.75 Å². The number of nitrogens with two attached hydrogens (primary N) is 1. The van der Waals surface area contributed by atoms with Gasteiger partial charge in [0.1, 0.15) is 12.4 Å². The van der Waals surface area contributed by atoms with Gasteiger partial charge in [-0.15, -0.1) is 11.3 Å². The molecule has 2 aromatic rings. The molecule has 18 heavy (non-hydrogen) atoms. The zero-order valence-electron chi connectivity index (χ0n) is 9.67. The Labute approximate surface area is 115 Å². The Kier molecular flexibility index (Phi) is 4.95. The molecule has 2 rings (SSSR count). The molecular weight excluding hydrogens is 270 g/mol. The maximum absolute atomic E-state index is 5.80. The topological polar surface area (TPSA) is 60.2 Å². The average Bonchev–Trinajstić information content (AvgIpc) is 2.89. The van der Waals surface area contributed by atoms with Crippen LogP contribution in [0.4, 0.5) is 0 Å². The molecule has 1 atom stereocenters. The smallest absolute Gasteiger partial charge is 0.119 e. The molecule has 3 N–H and O–H groups in total. The molecule has 0 bridgehead atoms. The molecule has 1 aromatic heterocycles. The molecular formula is C12H14ClN3OS. The van der Waals surface area contributed by atoms with Gasteiger partial charge in [-0.3, -0.25) is 11.3 Å². The average molecular weight is 284 g/mol. The predicted molar refractivity (Wildman–Crippen MR) is 73.9 cm³/mol. The molecule has 0 saturated carbocycles. The van der Waals surface area contributed by atoms with E-state index in [1.165, 1.54) is 0 Å². The van der Waals surface area contributed by atoms with Crippen LogP contribution in [-0.4, -0.2) is 17.6 Å². The lowest BCUT2D eigenvalue weighted by molar-refractivity contribution is 0.264. The van der Waals surface area contributed by atoms with Crippen LogP contribution < -0.4 is 16.0 Å². The molecule has 0 aliphatic carbocycles. The molecule has 0 amide bonds. The lowest BCUT2D eigenvalue weighted by atomic mass is 10.2. The van der Waals surface area contributed by atoms with Crippen molar-refractivity contribution in [2.24, 2.45) is 5.84 Å². The lowest BCUT2D eigenvalue weighted by Crippen LogP contribution is -2.41. The van der Waals surface area contributed by atoms with E-state index in [-0.39, 0.29) is 6.04 Å².